The van der Waals surface area contributed by atoms with E-state index in [0.717, 1.165) is 18.9 Å². The van der Waals surface area contributed by atoms with Crippen molar-refractivity contribution in [1.82, 2.24) is 5.32 Å². The molecule has 0 unspecified atom stereocenters. The van der Waals surface area contributed by atoms with Gasteiger partial charge in [-0.2, -0.15) is 0 Å². The van der Waals surface area contributed by atoms with Gasteiger partial charge in [-0.05, 0) is 44.6 Å². The minimum atomic E-state index is -0.0354. The molecule has 1 saturated heterocycles. The quantitative estimate of drug-likeness (QED) is 0.646. The lowest BCUT2D eigenvalue weighted by atomic mass is 9.76. The Labute approximate surface area is 80.7 Å². The Balaban J connectivity index is 1.94. The highest BCUT2D eigenvalue weighted by molar-refractivity contribution is 4.89. The van der Waals surface area contributed by atoms with Crippen LogP contribution in [0.3, 0.4) is 0 Å². The molecule has 1 heterocycles. The molecule has 0 aromatic carbocycles. The van der Waals surface area contributed by atoms with Crippen LogP contribution in [-0.4, -0.2) is 23.8 Å². The summed E-state index contributed by atoms with van der Waals surface area (Å²) in [5.41, 5.74) is 0. The summed E-state index contributed by atoms with van der Waals surface area (Å²) in [6.07, 6.45) is 5.98. The van der Waals surface area contributed by atoms with Gasteiger partial charge in [0, 0.05) is 12.0 Å². The second-order valence-electron chi connectivity index (χ2n) is 4.85. The van der Waals surface area contributed by atoms with Crippen molar-refractivity contribution in [1.29, 1.82) is 0 Å². The third kappa shape index (κ3) is 2.05. The van der Waals surface area contributed by atoms with Crippen LogP contribution in [0.5, 0.6) is 0 Å². The third-order valence-electron chi connectivity index (χ3n) is 3.74. The summed E-state index contributed by atoms with van der Waals surface area (Å²) in [4.78, 5) is 0. The Kier molecular flexibility index (Phi) is 2.89. The van der Waals surface area contributed by atoms with E-state index < -0.39 is 0 Å². The van der Waals surface area contributed by atoms with E-state index >= 15 is 0 Å². The standard InChI is InChI=1S/C11H21NO/c1-8-4-5-11(13)9(7-8)10-3-2-6-12-10/h8-13H,2-7H2,1H3/t8-,9-,10-,11+/m0/s1. The lowest BCUT2D eigenvalue weighted by Gasteiger charge is -2.35. The fraction of sp³-hybridized carbons (Fsp3) is 1.00. The largest absolute Gasteiger partial charge is 0.393 e. The van der Waals surface area contributed by atoms with Crippen molar-refractivity contribution >= 4 is 0 Å². The Morgan fingerprint density at radius 3 is 2.77 bits per heavy atom. The molecular formula is C11H21NO. The topological polar surface area (TPSA) is 32.3 Å². The molecule has 2 heteroatoms. The summed E-state index contributed by atoms with van der Waals surface area (Å²) in [5.74, 6) is 1.35. The highest BCUT2D eigenvalue weighted by Crippen LogP contribution is 2.33. The fourth-order valence-corrected chi connectivity index (χ4v) is 2.92. The number of hydrogen-bond acceptors (Lipinski definition) is 2. The van der Waals surface area contributed by atoms with Crippen molar-refractivity contribution in [2.45, 2.75) is 51.2 Å². The molecule has 4 atom stereocenters. The van der Waals surface area contributed by atoms with E-state index in [0.29, 0.717) is 12.0 Å². The number of aliphatic hydroxyl groups is 1. The molecule has 2 nitrogen and oxygen atoms in total. The molecule has 2 aliphatic rings. The maximum absolute atomic E-state index is 9.91. The first-order valence-electron chi connectivity index (χ1n) is 5.69. The van der Waals surface area contributed by atoms with E-state index in [9.17, 15) is 5.11 Å². The number of hydrogen-bond donors (Lipinski definition) is 2. The summed E-state index contributed by atoms with van der Waals surface area (Å²) in [6.45, 7) is 3.47. The van der Waals surface area contributed by atoms with Crippen molar-refractivity contribution in [3.63, 3.8) is 0 Å². The van der Waals surface area contributed by atoms with Gasteiger partial charge < -0.3 is 10.4 Å². The average molecular weight is 183 g/mol. The van der Waals surface area contributed by atoms with Gasteiger partial charge in [0.2, 0.25) is 0 Å². The third-order valence-corrected chi connectivity index (χ3v) is 3.74. The van der Waals surface area contributed by atoms with Crippen LogP contribution in [0.15, 0.2) is 0 Å². The zero-order valence-corrected chi connectivity index (χ0v) is 8.50. The maximum atomic E-state index is 9.91. The van der Waals surface area contributed by atoms with E-state index in [2.05, 4.69) is 12.2 Å². The number of rotatable bonds is 1. The highest BCUT2D eigenvalue weighted by Gasteiger charge is 2.34. The molecule has 0 bridgehead atoms. The first kappa shape index (κ1) is 9.47. The van der Waals surface area contributed by atoms with Gasteiger partial charge in [0.05, 0.1) is 6.10 Å². The van der Waals surface area contributed by atoms with Gasteiger partial charge >= 0.3 is 0 Å². The highest BCUT2D eigenvalue weighted by atomic mass is 16.3. The van der Waals surface area contributed by atoms with Crippen LogP contribution in [0.1, 0.15) is 39.0 Å². The summed E-state index contributed by atoms with van der Waals surface area (Å²) in [5, 5.41) is 13.4. The Bertz CT molecular complexity index is 165. The van der Waals surface area contributed by atoms with E-state index in [-0.39, 0.29) is 6.10 Å². The Hall–Kier alpha value is -0.0800. The minimum absolute atomic E-state index is 0.0354. The number of aliphatic hydroxyl groups excluding tert-OH is 1. The van der Waals surface area contributed by atoms with Crippen LogP contribution < -0.4 is 5.32 Å². The van der Waals surface area contributed by atoms with E-state index in [4.69, 9.17) is 0 Å². The maximum Gasteiger partial charge on any atom is 0.0583 e. The minimum Gasteiger partial charge on any atom is -0.393 e. The molecule has 0 spiro atoms. The van der Waals surface area contributed by atoms with Gasteiger partial charge in [-0.25, -0.2) is 0 Å². The van der Waals surface area contributed by atoms with Crippen molar-refractivity contribution in [3.05, 3.63) is 0 Å². The van der Waals surface area contributed by atoms with E-state index in [1.807, 2.05) is 0 Å². The van der Waals surface area contributed by atoms with Gasteiger partial charge in [-0.15, -0.1) is 0 Å². The molecule has 1 aliphatic carbocycles. The molecule has 2 rings (SSSR count). The van der Waals surface area contributed by atoms with Gasteiger partial charge in [0.1, 0.15) is 0 Å². The normalized spacial score (nSPS) is 46.6. The van der Waals surface area contributed by atoms with Gasteiger partial charge in [0.25, 0.3) is 0 Å². The van der Waals surface area contributed by atoms with Crippen LogP contribution in [-0.2, 0) is 0 Å². The Morgan fingerprint density at radius 1 is 1.23 bits per heavy atom. The van der Waals surface area contributed by atoms with Crippen LogP contribution >= 0.6 is 0 Å². The van der Waals surface area contributed by atoms with Crippen molar-refractivity contribution < 1.29 is 5.11 Å². The van der Waals surface area contributed by atoms with Gasteiger partial charge in [-0.3, -0.25) is 0 Å². The van der Waals surface area contributed by atoms with Crippen molar-refractivity contribution in [2.24, 2.45) is 11.8 Å². The predicted octanol–water partition coefficient (Wildman–Crippen LogP) is 1.54. The molecule has 0 aromatic rings. The first-order valence-corrected chi connectivity index (χ1v) is 5.69. The molecule has 0 aromatic heterocycles. The molecule has 0 radical (unpaired) electrons. The predicted molar refractivity (Wildman–Crippen MR) is 53.5 cm³/mol. The summed E-state index contributed by atoms with van der Waals surface area (Å²) in [7, 11) is 0. The van der Waals surface area contributed by atoms with E-state index in [1.165, 1.54) is 25.7 Å². The molecule has 2 fully saturated rings. The van der Waals surface area contributed by atoms with Crippen molar-refractivity contribution in [3.8, 4) is 0 Å². The second kappa shape index (κ2) is 3.97. The van der Waals surface area contributed by atoms with Crippen LogP contribution in [0.2, 0.25) is 0 Å². The number of nitrogens with one attached hydrogen (secondary N) is 1. The monoisotopic (exact) mass is 183 g/mol. The SMILES string of the molecule is C[C@H]1CC[C@@H](O)[C@H]([C@@H]2CCCN2)C1. The zero-order chi connectivity index (χ0) is 9.26. The van der Waals surface area contributed by atoms with Crippen LogP contribution in [0.4, 0.5) is 0 Å². The molecule has 76 valence electrons. The molecule has 1 aliphatic heterocycles. The zero-order valence-electron chi connectivity index (χ0n) is 8.50. The second-order valence-corrected chi connectivity index (χ2v) is 4.85. The van der Waals surface area contributed by atoms with Crippen molar-refractivity contribution in [2.75, 3.05) is 6.54 Å². The molecule has 2 N–H and O–H groups in total. The average Bonchev–Trinajstić information content (AvgIpc) is 2.61. The molecule has 13 heavy (non-hydrogen) atoms. The summed E-state index contributed by atoms with van der Waals surface area (Å²) in [6, 6.07) is 0.609. The summed E-state index contributed by atoms with van der Waals surface area (Å²) >= 11 is 0. The lowest BCUT2D eigenvalue weighted by Crippen LogP contribution is -2.41. The fourth-order valence-electron chi connectivity index (χ4n) is 2.92. The van der Waals surface area contributed by atoms with Gasteiger partial charge in [-0.1, -0.05) is 6.92 Å². The lowest BCUT2D eigenvalue weighted by molar-refractivity contribution is 0.0348. The van der Waals surface area contributed by atoms with E-state index in [1.54, 1.807) is 0 Å². The summed E-state index contributed by atoms with van der Waals surface area (Å²) < 4.78 is 0. The molecule has 0 amide bonds. The molecular weight excluding hydrogens is 162 g/mol. The van der Waals surface area contributed by atoms with Crippen LogP contribution in [0, 0.1) is 11.8 Å². The smallest absolute Gasteiger partial charge is 0.0583 e. The Morgan fingerprint density at radius 2 is 2.08 bits per heavy atom. The van der Waals surface area contributed by atoms with Crippen LogP contribution in [0.25, 0.3) is 0 Å². The first-order chi connectivity index (χ1) is 6.27. The van der Waals surface area contributed by atoms with Gasteiger partial charge in [0.15, 0.2) is 0 Å². The molecule has 1 saturated carbocycles.